The number of H-pyrrole nitrogens is 1. The normalized spacial score (nSPS) is 10.6. The predicted octanol–water partition coefficient (Wildman–Crippen LogP) is 2.86. The number of pyridine rings is 1. The van der Waals surface area contributed by atoms with Gasteiger partial charge in [-0.05, 0) is 41.3 Å². The van der Waals surface area contributed by atoms with Gasteiger partial charge in [-0.25, -0.2) is 0 Å². The lowest BCUT2D eigenvalue weighted by Gasteiger charge is -2.15. The molecule has 0 aliphatic heterocycles. The van der Waals surface area contributed by atoms with E-state index in [1.165, 1.54) is 28.4 Å². The van der Waals surface area contributed by atoms with Gasteiger partial charge in [0, 0.05) is 11.3 Å². The largest absolute Gasteiger partial charge is 0.493 e. The van der Waals surface area contributed by atoms with Crippen LogP contribution in [0.15, 0.2) is 35.1 Å². The Morgan fingerprint density at radius 1 is 0.862 bits per heavy atom. The molecule has 0 spiro atoms. The monoisotopic (exact) mass is 399 g/mol. The lowest BCUT2D eigenvalue weighted by atomic mass is 9.98. The van der Waals surface area contributed by atoms with Gasteiger partial charge in [0.25, 0.3) is 5.56 Å². The zero-order valence-electron chi connectivity index (χ0n) is 16.5. The topological polar surface area (TPSA) is 107 Å². The summed E-state index contributed by atoms with van der Waals surface area (Å²) in [5, 5.41) is 10.4. The fraction of sp³-hybridized carbons (Fsp3) is 0.238. The minimum absolute atomic E-state index is 0.248. The lowest BCUT2D eigenvalue weighted by molar-refractivity contribution is -0.136. The first kappa shape index (κ1) is 20.1. The van der Waals surface area contributed by atoms with Crippen LogP contribution in [0, 0.1) is 0 Å². The van der Waals surface area contributed by atoms with Crippen LogP contribution >= 0.6 is 0 Å². The molecule has 0 unspecified atom stereocenters. The third-order valence-electron chi connectivity index (χ3n) is 4.59. The molecule has 0 bridgehead atoms. The van der Waals surface area contributed by atoms with E-state index in [1.807, 2.05) is 0 Å². The number of carboxylic acid groups (broad SMARTS) is 1. The Labute approximate surface area is 166 Å². The maximum Gasteiger partial charge on any atom is 0.307 e. The summed E-state index contributed by atoms with van der Waals surface area (Å²) < 4.78 is 21.2. The number of ether oxygens (including phenoxy) is 4. The fourth-order valence-electron chi connectivity index (χ4n) is 3.22. The molecule has 0 aliphatic carbocycles. The number of aliphatic carboxylic acids is 1. The molecule has 152 valence electrons. The molecule has 2 N–H and O–H groups in total. The van der Waals surface area contributed by atoms with Crippen LogP contribution in [-0.4, -0.2) is 44.5 Å². The van der Waals surface area contributed by atoms with Gasteiger partial charge < -0.3 is 29.0 Å². The maximum absolute atomic E-state index is 12.7. The van der Waals surface area contributed by atoms with E-state index in [-0.39, 0.29) is 12.0 Å². The summed E-state index contributed by atoms with van der Waals surface area (Å²) in [6.45, 7) is 0. The standard InChI is InChI=1S/C21H21NO7/c1-26-16-6-11-5-15(22-21(25)14(11)10-19(16)29-4)13-9-18(28-3)17(27-2)7-12(13)8-20(23)24/h5-7,9-10H,8H2,1-4H3,(H,22,25)(H,23,24). The van der Waals surface area contributed by atoms with Gasteiger partial charge in [0.2, 0.25) is 0 Å². The number of hydrogen-bond acceptors (Lipinski definition) is 6. The van der Waals surface area contributed by atoms with Crippen molar-refractivity contribution in [3.05, 3.63) is 46.2 Å². The molecule has 0 saturated heterocycles. The minimum atomic E-state index is -1.01. The van der Waals surface area contributed by atoms with Crippen molar-refractivity contribution >= 4 is 16.7 Å². The van der Waals surface area contributed by atoms with Crippen LogP contribution in [0.5, 0.6) is 23.0 Å². The number of aromatic amines is 1. The van der Waals surface area contributed by atoms with E-state index >= 15 is 0 Å². The highest BCUT2D eigenvalue weighted by Gasteiger charge is 2.17. The number of nitrogens with one attached hydrogen (secondary N) is 1. The first-order valence-corrected chi connectivity index (χ1v) is 8.68. The van der Waals surface area contributed by atoms with Crippen LogP contribution in [0.1, 0.15) is 5.56 Å². The Hall–Kier alpha value is -3.68. The van der Waals surface area contributed by atoms with Crippen LogP contribution in [0.25, 0.3) is 22.0 Å². The van der Waals surface area contributed by atoms with Crippen LogP contribution in [-0.2, 0) is 11.2 Å². The molecular formula is C21H21NO7. The number of aromatic nitrogens is 1. The summed E-state index contributed by atoms with van der Waals surface area (Å²) in [6, 6.07) is 8.30. The second-order valence-electron chi connectivity index (χ2n) is 6.24. The second kappa shape index (κ2) is 8.14. The first-order valence-electron chi connectivity index (χ1n) is 8.68. The van der Waals surface area contributed by atoms with Crippen molar-refractivity contribution < 1.29 is 28.8 Å². The molecule has 3 aromatic rings. The third kappa shape index (κ3) is 3.82. The van der Waals surface area contributed by atoms with Crippen LogP contribution in [0.3, 0.4) is 0 Å². The van der Waals surface area contributed by atoms with Crippen LogP contribution < -0.4 is 24.5 Å². The van der Waals surface area contributed by atoms with Crippen molar-refractivity contribution in [1.82, 2.24) is 4.98 Å². The number of rotatable bonds is 7. The molecule has 8 heteroatoms. The number of benzene rings is 2. The Morgan fingerprint density at radius 2 is 1.41 bits per heavy atom. The van der Waals surface area contributed by atoms with Crippen molar-refractivity contribution in [2.75, 3.05) is 28.4 Å². The number of carboxylic acids is 1. The molecule has 1 heterocycles. The van der Waals surface area contributed by atoms with Gasteiger partial charge in [-0.1, -0.05) is 0 Å². The molecule has 0 saturated carbocycles. The Balaban J connectivity index is 2.29. The van der Waals surface area contributed by atoms with E-state index in [9.17, 15) is 14.7 Å². The zero-order chi connectivity index (χ0) is 21.1. The molecule has 29 heavy (non-hydrogen) atoms. The van der Waals surface area contributed by atoms with E-state index in [0.717, 1.165) is 0 Å². The molecule has 0 atom stereocenters. The van der Waals surface area contributed by atoms with Crippen molar-refractivity contribution in [1.29, 1.82) is 0 Å². The third-order valence-corrected chi connectivity index (χ3v) is 4.59. The van der Waals surface area contributed by atoms with Crippen LogP contribution in [0.2, 0.25) is 0 Å². The van der Waals surface area contributed by atoms with Gasteiger partial charge in [-0.3, -0.25) is 9.59 Å². The molecule has 0 amide bonds. The maximum atomic E-state index is 12.7. The molecule has 3 rings (SSSR count). The Morgan fingerprint density at radius 3 is 2.00 bits per heavy atom. The Kier molecular flexibility index (Phi) is 5.63. The fourth-order valence-corrected chi connectivity index (χ4v) is 3.22. The van der Waals surface area contributed by atoms with E-state index in [1.54, 1.807) is 30.3 Å². The average Bonchev–Trinajstić information content (AvgIpc) is 2.71. The summed E-state index contributed by atoms with van der Waals surface area (Å²) in [7, 11) is 5.96. The summed E-state index contributed by atoms with van der Waals surface area (Å²) in [4.78, 5) is 26.9. The second-order valence-corrected chi connectivity index (χ2v) is 6.24. The van der Waals surface area contributed by atoms with Crippen molar-refractivity contribution in [3.8, 4) is 34.3 Å². The van der Waals surface area contributed by atoms with Crippen molar-refractivity contribution in [2.24, 2.45) is 0 Å². The Bertz CT molecular complexity index is 1130. The van der Waals surface area contributed by atoms with Gasteiger partial charge in [0.15, 0.2) is 23.0 Å². The molecule has 2 aromatic carbocycles. The van der Waals surface area contributed by atoms with E-state index in [2.05, 4.69) is 4.98 Å². The lowest BCUT2D eigenvalue weighted by Crippen LogP contribution is -2.10. The smallest absolute Gasteiger partial charge is 0.307 e. The van der Waals surface area contributed by atoms with Gasteiger partial charge in [0.05, 0.1) is 40.2 Å². The summed E-state index contributed by atoms with van der Waals surface area (Å²) in [5.74, 6) is 0.741. The zero-order valence-corrected chi connectivity index (χ0v) is 16.5. The number of hydrogen-bond donors (Lipinski definition) is 2. The van der Waals surface area contributed by atoms with Gasteiger partial charge in [-0.15, -0.1) is 0 Å². The summed E-state index contributed by atoms with van der Waals surface area (Å²) >= 11 is 0. The van der Waals surface area contributed by atoms with Crippen molar-refractivity contribution in [3.63, 3.8) is 0 Å². The molecule has 8 nitrogen and oxygen atoms in total. The predicted molar refractivity (Wildman–Crippen MR) is 108 cm³/mol. The number of carbonyl (C=O) groups is 1. The van der Waals surface area contributed by atoms with E-state index in [0.29, 0.717) is 50.6 Å². The van der Waals surface area contributed by atoms with Crippen molar-refractivity contribution in [2.45, 2.75) is 6.42 Å². The average molecular weight is 399 g/mol. The first-order chi connectivity index (χ1) is 13.9. The molecule has 0 fully saturated rings. The summed E-state index contributed by atoms with van der Waals surface area (Å²) in [5.41, 5.74) is 1.12. The quantitative estimate of drug-likeness (QED) is 0.629. The van der Waals surface area contributed by atoms with E-state index in [4.69, 9.17) is 18.9 Å². The van der Waals surface area contributed by atoms with Gasteiger partial charge in [-0.2, -0.15) is 0 Å². The summed E-state index contributed by atoms with van der Waals surface area (Å²) in [6.07, 6.45) is -0.248. The molecule has 0 aliphatic rings. The van der Waals surface area contributed by atoms with Gasteiger partial charge >= 0.3 is 5.97 Å². The molecule has 1 aromatic heterocycles. The number of fused-ring (bicyclic) bond motifs is 1. The van der Waals surface area contributed by atoms with Crippen LogP contribution in [0.4, 0.5) is 0 Å². The highest BCUT2D eigenvalue weighted by atomic mass is 16.5. The SMILES string of the molecule is COc1cc(CC(=O)O)c(-c2cc3cc(OC)c(OC)cc3c(=O)[nH]2)cc1OC. The molecule has 0 radical (unpaired) electrons. The highest BCUT2D eigenvalue weighted by molar-refractivity contribution is 5.89. The minimum Gasteiger partial charge on any atom is -0.493 e. The molecular weight excluding hydrogens is 378 g/mol. The number of methoxy groups -OCH3 is 4. The highest BCUT2D eigenvalue weighted by Crippen LogP contribution is 2.37. The van der Waals surface area contributed by atoms with Gasteiger partial charge in [0.1, 0.15) is 0 Å². The van der Waals surface area contributed by atoms with E-state index < -0.39 is 5.97 Å².